The Hall–Kier alpha value is 0.01000. The Kier molecular flexibility index (Phi) is 4.54. The predicted octanol–water partition coefficient (Wildman–Crippen LogP) is 3.29. The summed E-state index contributed by atoms with van der Waals surface area (Å²) in [5.41, 5.74) is 1.44. The number of hydrogen-bond donors (Lipinski definition) is 1. The monoisotopic (exact) mass is 241 g/mol. The second kappa shape index (κ2) is 5.92. The van der Waals surface area contributed by atoms with Crippen molar-refractivity contribution in [2.45, 2.75) is 26.3 Å². The molecular weight excluding hydrogens is 222 g/mol. The molecule has 1 aromatic heterocycles. The first-order chi connectivity index (χ1) is 7.36. The van der Waals surface area contributed by atoms with Gasteiger partial charge in [0.05, 0.1) is 0 Å². The Morgan fingerprint density at radius 1 is 1.40 bits per heavy atom. The minimum Gasteiger partial charge on any atom is -0.312 e. The van der Waals surface area contributed by atoms with Gasteiger partial charge in [0.15, 0.2) is 0 Å². The SMILES string of the molecule is Cc1ccsc1CNCC1CCSCC1. The van der Waals surface area contributed by atoms with Gasteiger partial charge in [-0.3, -0.25) is 0 Å². The zero-order valence-electron chi connectivity index (χ0n) is 9.29. The van der Waals surface area contributed by atoms with E-state index >= 15 is 0 Å². The molecule has 0 unspecified atom stereocenters. The molecule has 3 heteroatoms. The van der Waals surface area contributed by atoms with Gasteiger partial charge in [-0.05, 0) is 60.7 Å². The molecule has 1 nitrogen and oxygen atoms in total. The summed E-state index contributed by atoms with van der Waals surface area (Å²) in [5, 5.41) is 5.78. The minimum absolute atomic E-state index is 0.923. The second-order valence-corrected chi connectivity index (χ2v) is 6.44. The van der Waals surface area contributed by atoms with E-state index in [2.05, 4.69) is 35.4 Å². The average molecular weight is 241 g/mol. The number of thioether (sulfide) groups is 1. The summed E-state index contributed by atoms with van der Waals surface area (Å²) in [5.74, 6) is 3.65. The predicted molar refractivity (Wildman–Crippen MR) is 70.8 cm³/mol. The Morgan fingerprint density at radius 2 is 2.20 bits per heavy atom. The fraction of sp³-hybridized carbons (Fsp3) is 0.667. The smallest absolute Gasteiger partial charge is 0.0302 e. The van der Waals surface area contributed by atoms with E-state index in [0.29, 0.717) is 0 Å². The molecule has 1 aliphatic rings. The molecule has 0 amide bonds. The number of rotatable bonds is 4. The number of thiophene rings is 1. The van der Waals surface area contributed by atoms with Crippen molar-refractivity contribution in [2.24, 2.45) is 5.92 Å². The van der Waals surface area contributed by atoms with Crippen LogP contribution in [0.15, 0.2) is 11.4 Å². The van der Waals surface area contributed by atoms with Crippen LogP contribution in [0.1, 0.15) is 23.3 Å². The molecule has 1 N–H and O–H groups in total. The molecule has 1 aromatic rings. The summed E-state index contributed by atoms with van der Waals surface area (Å²) in [7, 11) is 0. The van der Waals surface area contributed by atoms with Crippen LogP contribution in [-0.2, 0) is 6.54 Å². The first-order valence-electron chi connectivity index (χ1n) is 5.67. The largest absolute Gasteiger partial charge is 0.312 e. The molecule has 1 fully saturated rings. The molecule has 0 saturated carbocycles. The molecule has 1 aliphatic heterocycles. The number of hydrogen-bond acceptors (Lipinski definition) is 3. The minimum atomic E-state index is 0.923. The van der Waals surface area contributed by atoms with Crippen LogP contribution in [0, 0.1) is 12.8 Å². The summed E-state index contributed by atoms with van der Waals surface area (Å²) in [6.45, 7) is 4.47. The van der Waals surface area contributed by atoms with Gasteiger partial charge in [-0.1, -0.05) is 0 Å². The van der Waals surface area contributed by atoms with Crippen LogP contribution in [-0.4, -0.2) is 18.1 Å². The summed E-state index contributed by atoms with van der Waals surface area (Å²) >= 11 is 3.98. The molecule has 15 heavy (non-hydrogen) atoms. The van der Waals surface area contributed by atoms with Gasteiger partial charge in [0, 0.05) is 11.4 Å². The van der Waals surface area contributed by atoms with Crippen LogP contribution < -0.4 is 5.32 Å². The van der Waals surface area contributed by atoms with E-state index < -0.39 is 0 Å². The Morgan fingerprint density at radius 3 is 2.87 bits per heavy atom. The molecule has 0 radical (unpaired) electrons. The standard InChI is InChI=1S/C12H19NS2/c1-10-2-7-15-12(10)9-13-8-11-3-5-14-6-4-11/h2,7,11,13H,3-6,8-9H2,1H3. The Labute approximate surface area is 101 Å². The average Bonchev–Trinajstić information content (AvgIpc) is 2.66. The highest BCUT2D eigenvalue weighted by molar-refractivity contribution is 7.99. The molecule has 0 spiro atoms. The van der Waals surface area contributed by atoms with Crippen LogP contribution in [0.4, 0.5) is 0 Å². The highest BCUT2D eigenvalue weighted by Crippen LogP contribution is 2.22. The normalized spacial score (nSPS) is 18.2. The highest BCUT2D eigenvalue weighted by atomic mass is 32.2. The molecule has 0 aromatic carbocycles. The van der Waals surface area contributed by atoms with Crippen LogP contribution in [0.25, 0.3) is 0 Å². The van der Waals surface area contributed by atoms with Gasteiger partial charge in [-0.15, -0.1) is 11.3 Å². The van der Waals surface area contributed by atoms with E-state index in [-0.39, 0.29) is 0 Å². The van der Waals surface area contributed by atoms with Crippen LogP contribution in [0.2, 0.25) is 0 Å². The zero-order valence-corrected chi connectivity index (χ0v) is 10.9. The van der Waals surface area contributed by atoms with Crippen LogP contribution in [0.5, 0.6) is 0 Å². The topological polar surface area (TPSA) is 12.0 Å². The highest BCUT2D eigenvalue weighted by Gasteiger charge is 2.12. The lowest BCUT2D eigenvalue weighted by molar-refractivity contribution is 0.448. The molecule has 2 heterocycles. The lowest BCUT2D eigenvalue weighted by Crippen LogP contribution is -2.25. The summed E-state index contributed by atoms with van der Waals surface area (Å²) < 4.78 is 0. The maximum Gasteiger partial charge on any atom is 0.0302 e. The molecule has 1 saturated heterocycles. The zero-order chi connectivity index (χ0) is 10.5. The third kappa shape index (κ3) is 3.51. The van der Waals surface area contributed by atoms with Crippen LogP contribution >= 0.6 is 23.1 Å². The van der Waals surface area contributed by atoms with Crippen LogP contribution in [0.3, 0.4) is 0 Å². The maximum absolute atomic E-state index is 3.60. The number of aryl methyl sites for hydroxylation is 1. The molecule has 0 atom stereocenters. The van der Waals surface area contributed by atoms with Gasteiger partial charge in [0.25, 0.3) is 0 Å². The third-order valence-electron chi connectivity index (χ3n) is 3.03. The van der Waals surface area contributed by atoms with Gasteiger partial charge in [0.2, 0.25) is 0 Å². The molecule has 2 rings (SSSR count). The Balaban J connectivity index is 1.68. The van der Waals surface area contributed by atoms with Gasteiger partial charge in [-0.2, -0.15) is 11.8 Å². The molecule has 0 bridgehead atoms. The van der Waals surface area contributed by atoms with E-state index in [0.717, 1.165) is 12.5 Å². The first-order valence-corrected chi connectivity index (χ1v) is 7.71. The van der Waals surface area contributed by atoms with Crippen molar-refractivity contribution in [1.82, 2.24) is 5.32 Å². The summed E-state index contributed by atoms with van der Waals surface area (Å²) in [6, 6.07) is 2.21. The van der Waals surface area contributed by atoms with E-state index in [9.17, 15) is 0 Å². The van der Waals surface area contributed by atoms with Crippen molar-refractivity contribution in [3.8, 4) is 0 Å². The first kappa shape index (κ1) is 11.5. The Bertz CT molecular complexity index is 290. The quantitative estimate of drug-likeness (QED) is 0.868. The maximum atomic E-state index is 3.60. The molecular formula is C12H19NS2. The second-order valence-electron chi connectivity index (χ2n) is 4.21. The van der Waals surface area contributed by atoms with Crippen molar-refractivity contribution >= 4 is 23.1 Å². The van der Waals surface area contributed by atoms with Crippen molar-refractivity contribution in [2.75, 3.05) is 18.1 Å². The lowest BCUT2D eigenvalue weighted by Gasteiger charge is -2.21. The van der Waals surface area contributed by atoms with Crippen molar-refractivity contribution < 1.29 is 0 Å². The lowest BCUT2D eigenvalue weighted by atomic mass is 10.0. The van der Waals surface area contributed by atoms with E-state index in [1.165, 1.54) is 41.3 Å². The van der Waals surface area contributed by atoms with E-state index in [4.69, 9.17) is 0 Å². The van der Waals surface area contributed by atoms with Gasteiger partial charge >= 0.3 is 0 Å². The van der Waals surface area contributed by atoms with Crippen molar-refractivity contribution in [3.63, 3.8) is 0 Å². The van der Waals surface area contributed by atoms with Gasteiger partial charge in [-0.25, -0.2) is 0 Å². The van der Waals surface area contributed by atoms with E-state index in [1.54, 1.807) is 0 Å². The summed E-state index contributed by atoms with van der Waals surface area (Å²) in [6.07, 6.45) is 2.81. The fourth-order valence-electron chi connectivity index (χ4n) is 1.93. The fourth-order valence-corrected chi connectivity index (χ4v) is 4.01. The number of nitrogens with one attached hydrogen (secondary N) is 1. The molecule has 84 valence electrons. The molecule has 0 aliphatic carbocycles. The van der Waals surface area contributed by atoms with Crippen molar-refractivity contribution in [1.29, 1.82) is 0 Å². The van der Waals surface area contributed by atoms with Gasteiger partial charge in [0.1, 0.15) is 0 Å². The van der Waals surface area contributed by atoms with Crippen molar-refractivity contribution in [3.05, 3.63) is 21.9 Å². The van der Waals surface area contributed by atoms with Gasteiger partial charge < -0.3 is 5.32 Å². The summed E-state index contributed by atoms with van der Waals surface area (Å²) in [4.78, 5) is 1.50. The van der Waals surface area contributed by atoms with E-state index in [1.807, 2.05) is 11.3 Å². The third-order valence-corrected chi connectivity index (χ3v) is 5.10.